The Bertz CT molecular complexity index is 313. The molecule has 96 valence electrons. The molecule has 17 heavy (non-hydrogen) atoms. The van der Waals surface area contributed by atoms with Crippen molar-refractivity contribution in [1.82, 2.24) is 5.32 Å². The fraction of sp³-hybridized carbons (Fsp3) is 0.800. The van der Waals surface area contributed by atoms with Gasteiger partial charge in [-0.05, 0) is 43.4 Å². The van der Waals surface area contributed by atoms with Gasteiger partial charge in [-0.2, -0.15) is 0 Å². The number of nitrogens with one attached hydrogen (secondary N) is 1. The summed E-state index contributed by atoms with van der Waals surface area (Å²) in [4.78, 5) is 11.8. The summed E-state index contributed by atoms with van der Waals surface area (Å²) < 4.78 is 0. The van der Waals surface area contributed by atoms with Crippen LogP contribution in [-0.4, -0.2) is 12.5 Å². The van der Waals surface area contributed by atoms with E-state index in [-0.39, 0.29) is 11.3 Å². The predicted molar refractivity (Wildman–Crippen MR) is 70.5 cm³/mol. The van der Waals surface area contributed by atoms with Crippen LogP contribution in [0.2, 0.25) is 0 Å². The third-order valence-electron chi connectivity index (χ3n) is 4.10. The van der Waals surface area contributed by atoms with Crippen molar-refractivity contribution < 1.29 is 4.79 Å². The zero-order valence-corrected chi connectivity index (χ0v) is 11.3. The summed E-state index contributed by atoms with van der Waals surface area (Å²) in [5.41, 5.74) is -0.252. The summed E-state index contributed by atoms with van der Waals surface area (Å²) in [6, 6.07) is 0. The molecule has 0 bridgehead atoms. The van der Waals surface area contributed by atoms with E-state index < -0.39 is 0 Å². The van der Waals surface area contributed by atoms with Crippen LogP contribution in [0.5, 0.6) is 0 Å². The Morgan fingerprint density at radius 2 is 2.12 bits per heavy atom. The number of allylic oxidation sites excluding steroid dienone is 2. The van der Waals surface area contributed by atoms with Gasteiger partial charge in [-0.1, -0.05) is 32.9 Å². The van der Waals surface area contributed by atoms with E-state index in [2.05, 4.69) is 17.5 Å². The first kappa shape index (κ1) is 12.7. The fourth-order valence-electron chi connectivity index (χ4n) is 2.78. The van der Waals surface area contributed by atoms with E-state index in [4.69, 9.17) is 0 Å². The highest BCUT2D eigenvalue weighted by atomic mass is 16.2. The third kappa shape index (κ3) is 3.34. The number of carbonyl (C=O) groups is 1. The van der Waals surface area contributed by atoms with Crippen molar-refractivity contribution in [2.24, 2.45) is 23.2 Å². The molecule has 1 saturated carbocycles. The van der Waals surface area contributed by atoms with Gasteiger partial charge in [-0.25, -0.2) is 0 Å². The van der Waals surface area contributed by atoms with Gasteiger partial charge in [-0.15, -0.1) is 0 Å². The molecule has 1 fully saturated rings. The number of hydrogen-bond donors (Lipinski definition) is 1. The lowest BCUT2D eigenvalue weighted by molar-refractivity contribution is -0.128. The molecular formula is C15H25NO. The van der Waals surface area contributed by atoms with Crippen molar-refractivity contribution in [3.8, 4) is 0 Å². The molecule has 1 N–H and O–H groups in total. The third-order valence-corrected chi connectivity index (χ3v) is 4.10. The van der Waals surface area contributed by atoms with Crippen LogP contribution in [0.25, 0.3) is 0 Å². The first-order valence-electron chi connectivity index (χ1n) is 6.92. The molecular weight excluding hydrogens is 210 g/mol. The maximum absolute atomic E-state index is 11.8. The minimum absolute atomic E-state index is 0.187. The van der Waals surface area contributed by atoms with Crippen molar-refractivity contribution in [2.75, 3.05) is 6.54 Å². The summed E-state index contributed by atoms with van der Waals surface area (Å²) in [5.74, 6) is 2.70. The van der Waals surface area contributed by atoms with E-state index in [1.165, 1.54) is 25.7 Å². The molecule has 3 atom stereocenters. The van der Waals surface area contributed by atoms with Crippen molar-refractivity contribution in [1.29, 1.82) is 0 Å². The Balaban J connectivity index is 1.70. The molecule has 0 saturated heterocycles. The first-order valence-corrected chi connectivity index (χ1v) is 6.92. The van der Waals surface area contributed by atoms with E-state index in [0.29, 0.717) is 0 Å². The van der Waals surface area contributed by atoms with Crippen molar-refractivity contribution >= 4 is 5.91 Å². The smallest absolute Gasteiger partial charge is 0.225 e. The summed E-state index contributed by atoms with van der Waals surface area (Å²) in [5, 5.41) is 3.10. The van der Waals surface area contributed by atoms with Crippen LogP contribution in [0.3, 0.4) is 0 Å². The second-order valence-corrected chi connectivity index (χ2v) is 6.66. The maximum atomic E-state index is 11.8. The van der Waals surface area contributed by atoms with Crippen molar-refractivity contribution in [3.05, 3.63) is 12.2 Å². The molecule has 3 unspecified atom stereocenters. The van der Waals surface area contributed by atoms with Gasteiger partial charge < -0.3 is 5.32 Å². The Hall–Kier alpha value is -0.790. The Morgan fingerprint density at radius 1 is 1.35 bits per heavy atom. The highest BCUT2D eigenvalue weighted by Gasteiger charge is 2.42. The van der Waals surface area contributed by atoms with Gasteiger partial charge in [0, 0.05) is 12.0 Å². The SMILES string of the molecule is CC(C)(C)C(=O)NCC1CC1C1CC=CCC1. The Labute approximate surface area is 105 Å². The first-order chi connectivity index (χ1) is 7.98. The normalized spacial score (nSPS) is 32.3. The van der Waals surface area contributed by atoms with Gasteiger partial charge in [0.25, 0.3) is 0 Å². The van der Waals surface area contributed by atoms with Crippen LogP contribution in [0.1, 0.15) is 46.5 Å². The molecule has 2 rings (SSSR count). The van der Waals surface area contributed by atoms with Crippen LogP contribution in [0.15, 0.2) is 12.2 Å². The molecule has 0 heterocycles. The van der Waals surface area contributed by atoms with Crippen LogP contribution in [-0.2, 0) is 4.79 Å². The summed E-state index contributed by atoms with van der Waals surface area (Å²) in [6.45, 7) is 6.80. The topological polar surface area (TPSA) is 29.1 Å². The van der Waals surface area contributed by atoms with Crippen LogP contribution in [0.4, 0.5) is 0 Å². The van der Waals surface area contributed by atoms with Gasteiger partial charge in [0.15, 0.2) is 0 Å². The average Bonchev–Trinajstić information content (AvgIpc) is 3.05. The highest BCUT2D eigenvalue weighted by molar-refractivity contribution is 5.81. The van der Waals surface area contributed by atoms with E-state index in [9.17, 15) is 4.79 Å². The Kier molecular flexibility index (Phi) is 3.60. The Morgan fingerprint density at radius 3 is 2.71 bits per heavy atom. The molecule has 1 amide bonds. The van der Waals surface area contributed by atoms with Gasteiger partial charge in [0.1, 0.15) is 0 Å². The zero-order chi connectivity index (χ0) is 12.5. The van der Waals surface area contributed by atoms with Crippen molar-refractivity contribution in [2.45, 2.75) is 46.5 Å². The van der Waals surface area contributed by atoms with E-state index in [0.717, 1.165) is 24.3 Å². The van der Waals surface area contributed by atoms with E-state index in [1.54, 1.807) is 0 Å². The predicted octanol–water partition coefficient (Wildman–Crippen LogP) is 3.14. The molecule has 0 aromatic rings. The standard InChI is InChI=1S/C15H25NO/c1-15(2,3)14(17)16-10-12-9-13(12)11-7-5-4-6-8-11/h4-5,11-13H,6-10H2,1-3H3,(H,16,17). The van der Waals surface area contributed by atoms with Gasteiger partial charge in [0.2, 0.25) is 5.91 Å². The fourth-order valence-corrected chi connectivity index (χ4v) is 2.78. The monoisotopic (exact) mass is 235 g/mol. The lowest BCUT2D eigenvalue weighted by Gasteiger charge is -2.19. The molecule has 0 radical (unpaired) electrons. The quantitative estimate of drug-likeness (QED) is 0.748. The summed E-state index contributed by atoms with van der Waals surface area (Å²) in [7, 11) is 0. The molecule has 2 nitrogen and oxygen atoms in total. The van der Waals surface area contributed by atoms with Gasteiger partial charge in [0.05, 0.1) is 0 Å². The molecule has 2 aliphatic rings. The van der Waals surface area contributed by atoms with E-state index in [1.807, 2.05) is 20.8 Å². The minimum Gasteiger partial charge on any atom is -0.355 e. The lowest BCUT2D eigenvalue weighted by atomic mass is 9.89. The molecule has 0 aromatic carbocycles. The van der Waals surface area contributed by atoms with Gasteiger partial charge in [-0.3, -0.25) is 4.79 Å². The maximum Gasteiger partial charge on any atom is 0.225 e. The van der Waals surface area contributed by atoms with Crippen LogP contribution < -0.4 is 5.32 Å². The lowest BCUT2D eigenvalue weighted by Crippen LogP contribution is -2.36. The average molecular weight is 235 g/mol. The number of rotatable bonds is 3. The number of amides is 1. The van der Waals surface area contributed by atoms with Crippen LogP contribution >= 0.6 is 0 Å². The molecule has 0 aromatic heterocycles. The number of hydrogen-bond acceptors (Lipinski definition) is 1. The molecule has 2 heteroatoms. The zero-order valence-electron chi connectivity index (χ0n) is 11.3. The molecule has 0 spiro atoms. The van der Waals surface area contributed by atoms with Crippen LogP contribution in [0, 0.1) is 23.2 Å². The second-order valence-electron chi connectivity index (χ2n) is 6.66. The number of carbonyl (C=O) groups excluding carboxylic acids is 1. The highest BCUT2D eigenvalue weighted by Crippen LogP contribution is 2.47. The van der Waals surface area contributed by atoms with E-state index >= 15 is 0 Å². The molecule has 0 aliphatic heterocycles. The summed E-state index contributed by atoms with van der Waals surface area (Å²) >= 11 is 0. The largest absolute Gasteiger partial charge is 0.355 e. The second kappa shape index (κ2) is 4.83. The summed E-state index contributed by atoms with van der Waals surface area (Å²) in [6.07, 6.45) is 9.82. The van der Waals surface area contributed by atoms with Crippen molar-refractivity contribution in [3.63, 3.8) is 0 Å². The minimum atomic E-state index is -0.252. The van der Waals surface area contributed by atoms with Gasteiger partial charge >= 0.3 is 0 Å². The molecule has 2 aliphatic carbocycles.